The van der Waals surface area contributed by atoms with Crippen LogP contribution in [-0.2, 0) is 6.61 Å². The van der Waals surface area contributed by atoms with Crippen molar-refractivity contribution in [3.05, 3.63) is 53.2 Å². The fourth-order valence-corrected chi connectivity index (χ4v) is 2.27. The predicted molar refractivity (Wildman–Crippen MR) is 75.7 cm³/mol. The molecule has 0 unspecified atom stereocenters. The number of aryl methyl sites for hydroxylation is 2. The molecule has 0 saturated heterocycles. The van der Waals surface area contributed by atoms with E-state index in [2.05, 4.69) is 0 Å². The third-order valence-corrected chi connectivity index (χ3v) is 3.23. The first-order valence-electron chi connectivity index (χ1n) is 6.49. The van der Waals surface area contributed by atoms with Crippen molar-refractivity contribution in [1.29, 1.82) is 0 Å². The highest BCUT2D eigenvalue weighted by atomic mass is 16.5. The van der Waals surface area contributed by atoms with E-state index in [1.807, 2.05) is 19.1 Å². The summed E-state index contributed by atoms with van der Waals surface area (Å²) in [7, 11) is 0. The maximum absolute atomic E-state index is 11.3. The number of rotatable bonds is 4. The lowest BCUT2D eigenvalue weighted by atomic mass is 10.1. The van der Waals surface area contributed by atoms with Crippen molar-refractivity contribution in [3.8, 4) is 5.75 Å². The topological polar surface area (TPSA) is 72.8 Å². The normalized spacial score (nSPS) is 11.0. The summed E-state index contributed by atoms with van der Waals surface area (Å²) in [5.74, 6) is 1.48. The van der Waals surface area contributed by atoms with Gasteiger partial charge in [-0.2, -0.15) is 0 Å². The van der Waals surface area contributed by atoms with Crippen LogP contribution < -0.4 is 4.74 Å². The summed E-state index contributed by atoms with van der Waals surface area (Å²) < 4.78 is 16.5. The van der Waals surface area contributed by atoms with Crippen LogP contribution in [0.2, 0.25) is 0 Å². The fourth-order valence-electron chi connectivity index (χ4n) is 2.27. The zero-order valence-corrected chi connectivity index (χ0v) is 11.7. The van der Waals surface area contributed by atoms with Crippen LogP contribution in [0.3, 0.4) is 0 Å². The van der Waals surface area contributed by atoms with Gasteiger partial charge in [-0.3, -0.25) is 0 Å². The van der Waals surface area contributed by atoms with Crippen molar-refractivity contribution in [3.63, 3.8) is 0 Å². The minimum absolute atomic E-state index is 0.171. The second-order valence-corrected chi connectivity index (χ2v) is 4.80. The Morgan fingerprint density at radius 2 is 2.00 bits per heavy atom. The molecule has 0 fully saturated rings. The summed E-state index contributed by atoms with van der Waals surface area (Å²) in [5.41, 5.74) is 0.704. The monoisotopic (exact) mass is 286 g/mol. The Morgan fingerprint density at radius 3 is 2.67 bits per heavy atom. The molecule has 0 amide bonds. The van der Waals surface area contributed by atoms with Crippen molar-refractivity contribution in [2.24, 2.45) is 0 Å². The van der Waals surface area contributed by atoms with E-state index in [4.69, 9.17) is 13.6 Å². The van der Waals surface area contributed by atoms with E-state index in [0.717, 1.165) is 11.5 Å². The first-order valence-corrected chi connectivity index (χ1v) is 6.49. The zero-order chi connectivity index (χ0) is 15.0. The molecule has 108 valence electrons. The molecule has 0 radical (unpaired) electrons. The molecule has 3 rings (SSSR count). The second-order valence-electron chi connectivity index (χ2n) is 4.80. The minimum atomic E-state index is -1.01. The van der Waals surface area contributed by atoms with E-state index >= 15 is 0 Å². The Hall–Kier alpha value is -2.69. The molecule has 5 nitrogen and oxygen atoms in total. The smallest absolute Gasteiger partial charge is 0.339 e. The van der Waals surface area contributed by atoms with Gasteiger partial charge >= 0.3 is 5.97 Å². The highest BCUT2D eigenvalue weighted by Gasteiger charge is 2.17. The highest BCUT2D eigenvalue weighted by molar-refractivity contribution is 6.03. The molecule has 1 aromatic carbocycles. The Balaban J connectivity index is 1.89. The lowest BCUT2D eigenvalue weighted by Crippen LogP contribution is -1.97. The highest BCUT2D eigenvalue weighted by Crippen LogP contribution is 2.29. The van der Waals surface area contributed by atoms with Crippen LogP contribution >= 0.6 is 0 Å². The summed E-state index contributed by atoms with van der Waals surface area (Å²) in [4.78, 5) is 11.3. The van der Waals surface area contributed by atoms with Gasteiger partial charge in [0, 0.05) is 5.39 Å². The SMILES string of the molecule is Cc1ccc(COc2ccc3oc(C)c(C(=O)O)c3c2)o1. The molecule has 3 aromatic rings. The molecule has 0 aliphatic heterocycles. The van der Waals surface area contributed by atoms with Crippen molar-refractivity contribution < 1.29 is 23.5 Å². The van der Waals surface area contributed by atoms with Gasteiger partial charge in [-0.15, -0.1) is 0 Å². The largest absolute Gasteiger partial charge is 0.486 e. The third kappa shape index (κ3) is 2.50. The van der Waals surface area contributed by atoms with E-state index in [1.165, 1.54) is 0 Å². The van der Waals surface area contributed by atoms with Gasteiger partial charge in [0.2, 0.25) is 0 Å². The van der Waals surface area contributed by atoms with E-state index in [1.54, 1.807) is 25.1 Å². The van der Waals surface area contributed by atoms with Crippen LogP contribution in [0.1, 0.15) is 27.6 Å². The molecule has 0 aliphatic carbocycles. The molecule has 5 heteroatoms. The number of carbonyl (C=O) groups is 1. The summed E-state index contributed by atoms with van der Waals surface area (Å²) in [6, 6.07) is 8.83. The number of ether oxygens (including phenoxy) is 1. The number of fused-ring (bicyclic) bond motifs is 1. The van der Waals surface area contributed by atoms with Gasteiger partial charge in [0.1, 0.15) is 40.8 Å². The average Bonchev–Trinajstić information content (AvgIpc) is 2.98. The van der Waals surface area contributed by atoms with Crippen molar-refractivity contribution >= 4 is 16.9 Å². The maximum Gasteiger partial charge on any atom is 0.339 e. The van der Waals surface area contributed by atoms with Crippen molar-refractivity contribution in [2.75, 3.05) is 0 Å². The number of furan rings is 2. The van der Waals surface area contributed by atoms with Crippen LogP contribution in [0, 0.1) is 13.8 Å². The third-order valence-electron chi connectivity index (χ3n) is 3.23. The van der Waals surface area contributed by atoms with Gasteiger partial charge in [0.25, 0.3) is 0 Å². The van der Waals surface area contributed by atoms with E-state index in [-0.39, 0.29) is 5.56 Å². The Labute approximate surface area is 120 Å². The number of hydrogen-bond acceptors (Lipinski definition) is 4. The first-order chi connectivity index (χ1) is 10.0. The Kier molecular flexibility index (Phi) is 3.17. The number of carboxylic acids is 1. The molecule has 21 heavy (non-hydrogen) atoms. The van der Waals surface area contributed by atoms with Crippen LogP contribution in [0.5, 0.6) is 5.75 Å². The lowest BCUT2D eigenvalue weighted by molar-refractivity contribution is 0.0697. The number of benzene rings is 1. The summed E-state index contributed by atoms with van der Waals surface area (Å²) in [6.45, 7) is 3.79. The number of carboxylic acid groups (broad SMARTS) is 1. The van der Waals surface area contributed by atoms with Gasteiger partial charge < -0.3 is 18.7 Å². The van der Waals surface area contributed by atoms with Gasteiger partial charge in [-0.05, 0) is 44.2 Å². The van der Waals surface area contributed by atoms with Crippen LogP contribution in [0.4, 0.5) is 0 Å². The van der Waals surface area contributed by atoms with Gasteiger partial charge in [0.15, 0.2) is 0 Å². The molecule has 0 saturated carbocycles. The molecule has 2 aromatic heterocycles. The zero-order valence-electron chi connectivity index (χ0n) is 11.7. The standard InChI is InChI=1S/C16H14O5/c1-9-3-4-12(20-9)8-19-11-5-6-14-13(7-11)15(16(17)18)10(2)21-14/h3-7H,8H2,1-2H3,(H,17,18). The van der Waals surface area contributed by atoms with Crippen LogP contribution in [0.25, 0.3) is 11.0 Å². The summed E-state index contributed by atoms with van der Waals surface area (Å²) in [5, 5.41) is 9.77. The summed E-state index contributed by atoms with van der Waals surface area (Å²) >= 11 is 0. The van der Waals surface area contributed by atoms with Crippen molar-refractivity contribution in [2.45, 2.75) is 20.5 Å². The molecule has 2 heterocycles. The number of hydrogen-bond donors (Lipinski definition) is 1. The quantitative estimate of drug-likeness (QED) is 0.787. The summed E-state index contributed by atoms with van der Waals surface area (Å²) in [6.07, 6.45) is 0. The molecule has 0 atom stereocenters. The lowest BCUT2D eigenvalue weighted by Gasteiger charge is -2.04. The second kappa shape index (κ2) is 5.01. The predicted octanol–water partition coefficient (Wildman–Crippen LogP) is 3.92. The molecule has 0 spiro atoms. The van der Waals surface area contributed by atoms with Gasteiger partial charge in [0.05, 0.1) is 0 Å². The maximum atomic E-state index is 11.3. The van der Waals surface area contributed by atoms with Crippen LogP contribution in [-0.4, -0.2) is 11.1 Å². The molecule has 1 N–H and O–H groups in total. The molecular weight excluding hydrogens is 272 g/mol. The van der Waals surface area contributed by atoms with Gasteiger partial charge in [-0.25, -0.2) is 4.79 Å². The first kappa shape index (κ1) is 13.3. The minimum Gasteiger partial charge on any atom is -0.486 e. The fraction of sp³-hybridized carbons (Fsp3) is 0.188. The molecular formula is C16H14O5. The Bertz CT molecular complexity index is 809. The van der Waals surface area contributed by atoms with Crippen LogP contribution in [0.15, 0.2) is 39.2 Å². The number of aromatic carboxylic acids is 1. The van der Waals surface area contributed by atoms with E-state index < -0.39 is 5.97 Å². The van der Waals surface area contributed by atoms with E-state index in [0.29, 0.717) is 29.1 Å². The van der Waals surface area contributed by atoms with E-state index in [9.17, 15) is 9.90 Å². The molecule has 0 aliphatic rings. The van der Waals surface area contributed by atoms with Crippen molar-refractivity contribution in [1.82, 2.24) is 0 Å². The molecule has 0 bridgehead atoms. The van der Waals surface area contributed by atoms with Gasteiger partial charge in [-0.1, -0.05) is 0 Å². The Morgan fingerprint density at radius 1 is 1.19 bits per heavy atom. The average molecular weight is 286 g/mol.